The van der Waals surface area contributed by atoms with E-state index in [1.165, 1.54) is 23.9 Å². The predicted molar refractivity (Wildman–Crippen MR) is 120 cm³/mol. The number of nitrogens with zero attached hydrogens (tertiary/aromatic N) is 2. The lowest BCUT2D eigenvalue weighted by molar-refractivity contribution is 0.101. The van der Waals surface area contributed by atoms with E-state index in [0.717, 1.165) is 17.7 Å². The Bertz CT molecular complexity index is 1390. The van der Waals surface area contributed by atoms with Crippen LogP contribution < -0.4 is 10.0 Å². The van der Waals surface area contributed by atoms with Crippen LogP contribution in [-0.4, -0.2) is 29.4 Å². The summed E-state index contributed by atoms with van der Waals surface area (Å²) >= 11 is 5.83. The Balaban J connectivity index is 1.70. The Morgan fingerprint density at radius 3 is 2.67 bits per heavy atom. The Hall–Kier alpha value is -3.08. The first-order valence-electron chi connectivity index (χ1n) is 9.77. The highest BCUT2D eigenvalue weighted by atomic mass is 35.5. The molecule has 1 aliphatic heterocycles. The van der Waals surface area contributed by atoms with Gasteiger partial charge >= 0.3 is 0 Å². The van der Waals surface area contributed by atoms with E-state index in [-0.39, 0.29) is 21.8 Å². The maximum Gasteiger partial charge on any atom is 0.272 e. The number of rotatable bonds is 4. The molecule has 7 nitrogen and oxygen atoms in total. The lowest BCUT2D eigenvalue weighted by atomic mass is 9.93. The van der Waals surface area contributed by atoms with Crippen molar-refractivity contribution in [1.82, 2.24) is 14.3 Å². The van der Waals surface area contributed by atoms with Gasteiger partial charge in [-0.2, -0.15) is 0 Å². The van der Waals surface area contributed by atoms with Crippen LogP contribution in [0, 0.1) is 11.6 Å². The van der Waals surface area contributed by atoms with Gasteiger partial charge in [-0.15, -0.1) is 0 Å². The van der Waals surface area contributed by atoms with Gasteiger partial charge in [-0.05, 0) is 37.1 Å². The van der Waals surface area contributed by atoms with E-state index in [9.17, 15) is 22.0 Å². The molecular formula is C22H19ClF2N4O3S. The van der Waals surface area contributed by atoms with Crippen LogP contribution in [0.15, 0.2) is 53.7 Å². The van der Waals surface area contributed by atoms with Gasteiger partial charge in [0.05, 0.1) is 5.54 Å². The number of aryl methyl sites for hydroxylation is 1. The molecule has 1 aliphatic rings. The van der Waals surface area contributed by atoms with Crippen molar-refractivity contribution in [3.8, 4) is 0 Å². The summed E-state index contributed by atoms with van der Waals surface area (Å²) in [5, 5.41) is 2.81. The number of fused-ring (bicyclic) bond motifs is 1. The number of anilines is 1. The minimum atomic E-state index is -4.00. The van der Waals surface area contributed by atoms with Gasteiger partial charge in [-0.25, -0.2) is 26.9 Å². The van der Waals surface area contributed by atoms with Crippen molar-refractivity contribution >= 4 is 39.3 Å². The highest BCUT2D eigenvalue weighted by Gasteiger charge is 2.35. The van der Waals surface area contributed by atoms with Crippen LogP contribution in [0.5, 0.6) is 0 Å². The van der Waals surface area contributed by atoms with Crippen molar-refractivity contribution in [2.24, 2.45) is 7.05 Å². The van der Waals surface area contributed by atoms with Crippen molar-refractivity contribution in [2.75, 3.05) is 5.32 Å². The number of nitrogens with one attached hydrogen (secondary N) is 2. The normalized spacial score (nSPS) is 19.1. The Morgan fingerprint density at radius 2 is 2.00 bits per heavy atom. The van der Waals surface area contributed by atoms with Crippen molar-refractivity contribution in [1.29, 1.82) is 0 Å². The number of amides is 1. The van der Waals surface area contributed by atoms with Crippen LogP contribution in [-0.2, 0) is 23.5 Å². The van der Waals surface area contributed by atoms with E-state index in [2.05, 4.69) is 15.0 Å². The molecule has 1 amide bonds. The molecule has 1 unspecified atom stereocenters. The summed E-state index contributed by atoms with van der Waals surface area (Å²) in [6.45, 7) is 1.71. The van der Waals surface area contributed by atoms with Crippen LogP contribution in [0.4, 0.5) is 14.5 Å². The Morgan fingerprint density at radius 1 is 1.24 bits per heavy atom. The van der Waals surface area contributed by atoms with Crippen molar-refractivity contribution in [3.05, 3.63) is 82.4 Å². The van der Waals surface area contributed by atoms with Crippen LogP contribution in [0.2, 0.25) is 5.15 Å². The second-order valence-corrected chi connectivity index (χ2v) is 10.0. The average Bonchev–Trinajstić information content (AvgIpc) is 3.03. The molecular weight excluding hydrogens is 474 g/mol. The van der Waals surface area contributed by atoms with Gasteiger partial charge in [0.1, 0.15) is 15.7 Å². The highest BCUT2D eigenvalue weighted by molar-refractivity contribution is 7.89. The van der Waals surface area contributed by atoms with E-state index in [4.69, 9.17) is 11.6 Å². The average molecular weight is 493 g/mol. The first-order chi connectivity index (χ1) is 15.5. The number of benzene rings is 1. The fourth-order valence-electron chi connectivity index (χ4n) is 3.73. The van der Waals surface area contributed by atoms with E-state index in [1.807, 2.05) is 0 Å². The summed E-state index contributed by atoms with van der Waals surface area (Å²) in [4.78, 5) is 16.9. The molecule has 2 N–H and O–H groups in total. The lowest BCUT2D eigenvalue weighted by Crippen LogP contribution is -2.45. The summed E-state index contributed by atoms with van der Waals surface area (Å²) < 4.78 is 57.1. The van der Waals surface area contributed by atoms with Crippen LogP contribution in [0.25, 0.3) is 6.08 Å². The van der Waals surface area contributed by atoms with Gasteiger partial charge in [-0.3, -0.25) is 4.79 Å². The zero-order valence-corrected chi connectivity index (χ0v) is 19.1. The van der Waals surface area contributed by atoms with Crippen LogP contribution in [0.1, 0.15) is 28.5 Å². The molecule has 3 heterocycles. The second-order valence-electron chi connectivity index (χ2n) is 7.97. The molecule has 0 spiro atoms. The highest BCUT2D eigenvalue weighted by Crippen LogP contribution is 2.31. The molecule has 1 aromatic carbocycles. The molecule has 11 heteroatoms. The maximum atomic E-state index is 13.5. The first kappa shape index (κ1) is 23.1. The van der Waals surface area contributed by atoms with E-state index >= 15 is 0 Å². The molecule has 4 rings (SSSR count). The third-order valence-electron chi connectivity index (χ3n) is 5.21. The molecule has 172 valence electrons. The third-order valence-corrected chi connectivity index (χ3v) is 7.07. The molecule has 33 heavy (non-hydrogen) atoms. The monoisotopic (exact) mass is 492 g/mol. The van der Waals surface area contributed by atoms with E-state index < -0.39 is 33.1 Å². The van der Waals surface area contributed by atoms with Gasteiger partial charge in [-0.1, -0.05) is 29.8 Å². The van der Waals surface area contributed by atoms with Gasteiger partial charge in [0.15, 0.2) is 11.6 Å². The minimum Gasteiger partial charge on any atom is -0.345 e. The van der Waals surface area contributed by atoms with Crippen LogP contribution in [0.3, 0.4) is 0 Å². The summed E-state index contributed by atoms with van der Waals surface area (Å²) in [5.74, 6) is -2.83. The van der Waals surface area contributed by atoms with Gasteiger partial charge in [0.25, 0.3) is 5.91 Å². The molecule has 0 saturated heterocycles. The predicted octanol–water partition coefficient (Wildman–Crippen LogP) is 3.91. The maximum absolute atomic E-state index is 13.5. The van der Waals surface area contributed by atoms with Crippen molar-refractivity contribution < 1.29 is 22.0 Å². The smallest absolute Gasteiger partial charge is 0.272 e. The molecule has 1 atom stereocenters. The molecule has 3 aromatic rings. The fourth-order valence-corrected chi connectivity index (χ4v) is 5.46. The zero-order valence-electron chi connectivity index (χ0n) is 17.6. The SMILES string of the molecule is Cn1cc2c(c1C(=O)Nc1ccc(F)c(F)c1)C=CC(C)(Cc1ccc(Cl)nc1)NS2(=O)=O. The molecule has 2 aromatic heterocycles. The number of aromatic nitrogens is 2. The van der Waals surface area contributed by atoms with Crippen molar-refractivity contribution in [2.45, 2.75) is 23.8 Å². The largest absolute Gasteiger partial charge is 0.345 e. The molecule has 0 aliphatic carbocycles. The molecule has 0 fully saturated rings. The van der Waals surface area contributed by atoms with Gasteiger partial charge in [0.2, 0.25) is 10.0 Å². The lowest BCUT2D eigenvalue weighted by Gasteiger charge is -2.26. The fraction of sp³-hybridized carbons (Fsp3) is 0.182. The third kappa shape index (κ3) is 4.68. The molecule has 0 saturated carbocycles. The first-order valence-corrected chi connectivity index (χ1v) is 11.6. The van der Waals surface area contributed by atoms with E-state index in [1.54, 1.807) is 37.4 Å². The number of carbonyl (C=O) groups excluding carboxylic acids is 1. The minimum absolute atomic E-state index is 0.0347. The summed E-state index contributed by atoms with van der Waals surface area (Å²) in [5.41, 5.74) is 0.0225. The van der Waals surface area contributed by atoms with Crippen molar-refractivity contribution in [3.63, 3.8) is 0 Å². The van der Waals surface area contributed by atoms with E-state index in [0.29, 0.717) is 11.6 Å². The number of hydrogen-bond donors (Lipinski definition) is 2. The Labute approximate surface area is 194 Å². The number of halogens is 3. The summed E-state index contributed by atoms with van der Waals surface area (Å²) in [6.07, 6.45) is 6.42. The molecule has 0 bridgehead atoms. The number of sulfonamides is 1. The molecule has 0 radical (unpaired) electrons. The second kappa shape index (κ2) is 8.36. The summed E-state index contributed by atoms with van der Waals surface area (Å²) in [7, 11) is -2.48. The topological polar surface area (TPSA) is 93.1 Å². The quantitative estimate of drug-likeness (QED) is 0.540. The number of carbonyl (C=O) groups is 1. The number of pyridine rings is 1. The summed E-state index contributed by atoms with van der Waals surface area (Å²) in [6, 6.07) is 6.32. The Kier molecular flexibility index (Phi) is 5.85. The van der Waals surface area contributed by atoms with Crippen LogP contribution >= 0.6 is 11.6 Å². The van der Waals surface area contributed by atoms with Gasteiger partial charge in [0, 0.05) is 36.8 Å². The number of hydrogen-bond acceptors (Lipinski definition) is 4. The van der Waals surface area contributed by atoms with Gasteiger partial charge < -0.3 is 9.88 Å². The zero-order chi connectivity index (χ0) is 24.0. The standard InChI is InChI=1S/C22H19ClF2N4O3S/c1-22(10-13-3-6-19(23)26-11-13)8-7-15-18(33(31,32)28-22)12-29(2)20(15)21(30)27-14-4-5-16(24)17(25)9-14/h3-9,11-12,28H,10H2,1-2H3,(H,27,30).